The molecule has 0 radical (unpaired) electrons. The molecular weight excluding hydrogens is 202 g/mol. The molecule has 0 spiro atoms. The molecule has 0 aromatic heterocycles. The van der Waals surface area contributed by atoms with Crippen LogP contribution in [0.25, 0.3) is 0 Å². The summed E-state index contributed by atoms with van der Waals surface area (Å²) < 4.78 is 0. The SMILES string of the molecule is CC(C)C1NCC(=O)N1CC(C)(C)N(C)C. The summed E-state index contributed by atoms with van der Waals surface area (Å²) in [7, 11) is 4.11. The number of nitrogens with zero attached hydrogens (tertiary/aromatic N) is 2. The Balaban J connectivity index is 2.74. The van der Waals surface area contributed by atoms with E-state index in [1.807, 2.05) is 4.90 Å². The highest BCUT2D eigenvalue weighted by molar-refractivity contribution is 5.80. The zero-order valence-corrected chi connectivity index (χ0v) is 11.4. The second-order valence-electron chi connectivity index (χ2n) is 5.80. The van der Waals surface area contributed by atoms with E-state index in [1.54, 1.807) is 0 Å². The summed E-state index contributed by atoms with van der Waals surface area (Å²) >= 11 is 0. The lowest BCUT2D eigenvalue weighted by Gasteiger charge is -2.39. The van der Waals surface area contributed by atoms with Gasteiger partial charge in [-0.2, -0.15) is 0 Å². The average molecular weight is 227 g/mol. The Bertz CT molecular complexity index is 261. The van der Waals surface area contributed by atoms with Gasteiger partial charge < -0.3 is 9.80 Å². The Morgan fingerprint density at radius 1 is 1.50 bits per heavy atom. The number of hydrogen-bond acceptors (Lipinski definition) is 3. The number of rotatable bonds is 4. The third-order valence-corrected chi connectivity index (χ3v) is 3.52. The topological polar surface area (TPSA) is 35.6 Å². The molecule has 1 atom stereocenters. The van der Waals surface area contributed by atoms with E-state index in [-0.39, 0.29) is 17.6 Å². The van der Waals surface area contributed by atoms with Crippen LogP contribution in [0, 0.1) is 5.92 Å². The second kappa shape index (κ2) is 4.72. The predicted octanol–water partition coefficient (Wildman–Crippen LogP) is 0.741. The molecule has 16 heavy (non-hydrogen) atoms. The standard InChI is InChI=1S/C12H25N3O/c1-9(2)11-13-7-10(16)15(11)8-12(3,4)14(5)6/h9,11,13H,7-8H2,1-6H3. The molecule has 0 bridgehead atoms. The van der Waals surface area contributed by atoms with Gasteiger partial charge in [-0.15, -0.1) is 0 Å². The minimum atomic E-state index is 0.00875. The maximum Gasteiger partial charge on any atom is 0.237 e. The first-order valence-corrected chi connectivity index (χ1v) is 5.96. The van der Waals surface area contributed by atoms with Gasteiger partial charge in [-0.1, -0.05) is 13.8 Å². The van der Waals surface area contributed by atoms with Crippen LogP contribution in [0.4, 0.5) is 0 Å². The first-order chi connectivity index (χ1) is 7.25. The van der Waals surface area contributed by atoms with Crippen LogP contribution in [0.3, 0.4) is 0 Å². The molecule has 0 aliphatic carbocycles. The fraction of sp³-hybridized carbons (Fsp3) is 0.917. The number of carbonyl (C=O) groups excluding carboxylic acids is 1. The highest BCUT2D eigenvalue weighted by Crippen LogP contribution is 2.19. The molecule has 0 saturated carbocycles. The molecule has 1 N–H and O–H groups in total. The van der Waals surface area contributed by atoms with Gasteiger partial charge in [0.15, 0.2) is 0 Å². The van der Waals surface area contributed by atoms with Crippen LogP contribution in [0.5, 0.6) is 0 Å². The van der Waals surface area contributed by atoms with Crippen molar-refractivity contribution in [2.75, 3.05) is 27.2 Å². The second-order valence-corrected chi connectivity index (χ2v) is 5.80. The number of amides is 1. The van der Waals surface area contributed by atoms with E-state index in [4.69, 9.17) is 0 Å². The molecule has 1 unspecified atom stereocenters. The zero-order valence-electron chi connectivity index (χ0n) is 11.4. The van der Waals surface area contributed by atoms with Gasteiger partial charge in [0, 0.05) is 12.1 Å². The highest BCUT2D eigenvalue weighted by atomic mass is 16.2. The van der Waals surface area contributed by atoms with Crippen molar-refractivity contribution < 1.29 is 4.79 Å². The van der Waals surface area contributed by atoms with Gasteiger partial charge in [-0.3, -0.25) is 10.1 Å². The lowest BCUT2D eigenvalue weighted by Crippen LogP contribution is -2.53. The monoisotopic (exact) mass is 227 g/mol. The van der Waals surface area contributed by atoms with Crippen LogP contribution in [-0.2, 0) is 4.79 Å². The van der Waals surface area contributed by atoms with E-state index in [1.165, 1.54) is 0 Å². The van der Waals surface area contributed by atoms with Crippen LogP contribution in [-0.4, -0.2) is 54.6 Å². The number of carbonyl (C=O) groups is 1. The maximum atomic E-state index is 11.8. The Labute approximate surface area is 99.0 Å². The fourth-order valence-electron chi connectivity index (χ4n) is 1.90. The molecule has 4 nitrogen and oxygen atoms in total. The molecule has 0 aromatic carbocycles. The van der Waals surface area contributed by atoms with Gasteiger partial charge in [0.2, 0.25) is 5.91 Å². The molecule has 1 heterocycles. The lowest BCUT2D eigenvalue weighted by atomic mass is 10.0. The van der Waals surface area contributed by atoms with Crippen LogP contribution >= 0.6 is 0 Å². The quantitative estimate of drug-likeness (QED) is 0.769. The summed E-state index contributed by atoms with van der Waals surface area (Å²) in [6, 6.07) is 0. The molecule has 0 aromatic rings. The largest absolute Gasteiger partial charge is 0.324 e. The molecule has 1 fully saturated rings. The number of nitrogens with one attached hydrogen (secondary N) is 1. The smallest absolute Gasteiger partial charge is 0.237 e. The van der Waals surface area contributed by atoms with E-state index in [2.05, 4.69) is 52.0 Å². The molecule has 1 amide bonds. The average Bonchev–Trinajstić information content (AvgIpc) is 2.47. The normalized spacial score (nSPS) is 22.6. The first-order valence-electron chi connectivity index (χ1n) is 5.96. The predicted molar refractivity (Wildman–Crippen MR) is 66.1 cm³/mol. The van der Waals surface area contributed by atoms with E-state index in [0.717, 1.165) is 6.54 Å². The van der Waals surface area contributed by atoms with Gasteiger partial charge in [0.25, 0.3) is 0 Å². The van der Waals surface area contributed by atoms with Crippen molar-refractivity contribution >= 4 is 5.91 Å². The van der Waals surface area contributed by atoms with E-state index >= 15 is 0 Å². The Hall–Kier alpha value is -0.610. The Morgan fingerprint density at radius 2 is 2.06 bits per heavy atom. The molecule has 1 aliphatic heterocycles. The first kappa shape index (κ1) is 13.5. The molecule has 1 saturated heterocycles. The number of likely N-dealkylation sites (N-methyl/N-ethyl adjacent to an activating group) is 1. The highest BCUT2D eigenvalue weighted by Gasteiger charge is 2.36. The summed E-state index contributed by atoms with van der Waals surface area (Å²) in [4.78, 5) is 16.0. The summed E-state index contributed by atoms with van der Waals surface area (Å²) in [6.45, 7) is 9.87. The van der Waals surface area contributed by atoms with Gasteiger partial charge in [-0.05, 0) is 33.9 Å². The summed E-state index contributed by atoms with van der Waals surface area (Å²) in [5.74, 6) is 0.665. The Morgan fingerprint density at radius 3 is 2.50 bits per heavy atom. The molecule has 4 heteroatoms. The third-order valence-electron chi connectivity index (χ3n) is 3.52. The Kier molecular flexibility index (Phi) is 3.97. The van der Waals surface area contributed by atoms with Gasteiger partial charge in [0.05, 0.1) is 12.7 Å². The third kappa shape index (κ3) is 2.74. The van der Waals surface area contributed by atoms with Crippen LogP contribution in [0.2, 0.25) is 0 Å². The molecule has 1 aliphatic rings. The van der Waals surface area contributed by atoms with E-state index in [9.17, 15) is 4.79 Å². The summed E-state index contributed by atoms with van der Waals surface area (Å²) in [5, 5.41) is 3.28. The van der Waals surface area contributed by atoms with E-state index in [0.29, 0.717) is 12.5 Å². The van der Waals surface area contributed by atoms with Crippen molar-refractivity contribution in [3.05, 3.63) is 0 Å². The van der Waals surface area contributed by atoms with Crippen molar-refractivity contribution in [2.45, 2.75) is 39.4 Å². The maximum absolute atomic E-state index is 11.8. The minimum Gasteiger partial charge on any atom is -0.324 e. The van der Waals surface area contributed by atoms with Crippen molar-refractivity contribution in [3.63, 3.8) is 0 Å². The van der Waals surface area contributed by atoms with Gasteiger partial charge >= 0.3 is 0 Å². The summed E-state index contributed by atoms with van der Waals surface area (Å²) in [6.07, 6.45) is 0.187. The molecular formula is C12H25N3O. The van der Waals surface area contributed by atoms with Crippen molar-refractivity contribution in [3.8, 4) is 0 Å². The van der Waals surface area contributed by atoms with Crippen LogP contribution in [0.15, 0.2) is 0 Å². The van der Waals surface area contributed by atoms with Gasteiger partial charge in [-0.25, -0.2) is 0 Å². The molecule has 1 rings (SSSR count). The molecule has 94 valence electrons. The minimum absolute atomic E-state index is 0.00875. The van der Waals surface area contributed by atoms with Crippen LogP contribution in [0.1, 0.15) is 27.7 Å². The van der Waals surface area contributed by atoms with Gasteiger partial charge in [0.1, 0.15) is 0 Å². The number of hydrogen-bond donors (Lipinski definition) is 1. The van der Waals surface area contributed by atoms with E-state index < -0.39 is 0 Å². The van der Waals surface area contributed by atoms with Crippen LogP contribution < -0.4 is 5.32 Å². The lowest BCUT2D eigenvalue weighted by molar-refractivity contribution is -0.130. The van der Waals surface area contributed by atoms with Crippen molar-refractivity contribution in [1.29, 1.82) is 0 Å². The van der Waals surface area contributed by atoms with Crippen molar-refractivity contribution in [1.82, 2.24) is 15.1 Å². The zero-order chi connectivity index (χ0) is 12.5. The van der Waals surface area contributed by atoms with Crippen molar-refractivity contribution in [2.24, 2.45) is 5.92 Å². The fourth-order valence-corrected chi connectivity index (χ4v) is 1.90. The summed E-state index contributed by atoms with van der Waals surface area (Å²) in [5.41, 5.74) is 0.00875.